The van der Waals surface area contributed by atoms with Gasteiger partial charge in [0.05, 0.1) is 16.7 Å². The van der Waals surface area contributed by atoms with Gasteiger partial charge in [-0.15, -0.1) is 0 Å². The molecular formula is C29H34Cl2N2O4. The van der Waals surface area contributed by atoms with Gasteiger partial charge in [-0.1, -0.05) is 41.4 Å². The maximum atomic E-state index is 11.9. The van der Waals surface area contributed by atoms with Gasteiger partial charge >= 0.3 is 0 Å². The minimum absolute atomic E-state index is 0.0226. The zero-order valence-corrected chi connectivity index (χ0v) is 22.9. The van der Waals surface area contributed by atoms with Crippen molar-refractivity contribution in [2.75, 3.05) is 33.4 Å². The van der Waals surface area contributed by atoms with Gasteiger partial charge in [0.15, 0.2) is 0 Å². The Balaban J connectivity index is 1.20. The lowest BCUT2D eigenvalue weighted by Crippen LogP contribution is -2.48. The van der Waals surface area contributed by atoms with Gasteiger partial charge in [-0.25, -0.2) is 0 Å². The van der Waals surface area contributed by atoms with E-state index in [1.54, 1.807) is 29.9 Å². The number of hydrogen-bond acceptors (Lipinski definition) is 5. The number of methoxy groups -OCH3 is 1. The molecule has 1 aliphatic rings. The number of rotatable bonds is 11. The van der Waals surface area contributed by atoms with Crippen LogP contribution in [0.3, 0.4) is 0 Å². The van der Waals surface area contributed by atoms with Crippen molar-refractivity contribution in [3.8, 4) is 11.5 Å². The van der Waals surface area contributed by atoms with Crippen molar-refractivity contribution >= 4 is 23.2 Å². The van der Waals surface area contributed by atoms with Crippen molar-refractivity contribution in [1.29, 1.82) is 0 Å². The van der Waals surface area contributed by atoms with Crippen LogP contribution in [0.1, 0.15) is 30.4 Å². The number of benzene rings is 2. The van der Waals surface area contributed by atoms with Crippen LogP contribution in [0.4, 0.5) is 0 Å². The fourth-order valence-corrected chi connectivity index (χ4v) is 4.80. The van der Waals surface area contributed by atoms with E-state index < -0.39 is 0 Å². The summed E-state index contributed by atoms with van der Waals surface area (Å²) in [5.74, 6) is 1.54. The highest BCUT2D eigenvalue weighted by atomic mass is 35.5. The Morgan fingerprint density at radius 2 is 1.65 bits per heavy atom. The molecular weight excluding hydrogens is 511 g/mol. The number of pyridine rings is 1. The molecule has 2 heterocycles. The number of aromatic nitrogens is 1. The van der Waals surface area contributed by atoms with Gasteiger partial charge in [0, 0.05) is 51.6 Å². The fourth-order valence-electron chi connectivity index (χ4n) is 4.51. The Morgan fingerprint density at radius 3 is 2.35 bits per heavy atom. The van der Waals surface area contributed by atoms with Crippen LogP contribution in [0.25, 0.3) is 0 Å². The molecule has 0 saturated carbocycles. The molecule has 2 aromatic carbocycles. The number of likely N-dealkylation sites (tertiary alicyclic amines) is 1. The van der Waals surface area contributed by atoms with Gasteiger partial charge in [-0.3, -0.25) is 9.69 Å². The SMILES string of the molecule is COC1(COc2ccc(Cl)c(Cl)c2)CCN(Cc2ccc(OCCCn3cc(C)ccc3=O)cc2)CC1. The van der Waals surface area contributed by atoms with Crippen molar-refractivity contribution in [1.82, 2.24) is 9.47 Å². The molecule has 1 aromatic heterocycles. The van der Waals surface area contributed by atoms with Gasteiger partial charge in [0.25, 0.3) is 5.56 Å². The Morgan fingerprint density at radius 1 is 0.919 bits per heavy atom. The molecule has 198 valence electrons. The highest BCUT2D eigenvalue weighted by molar-refractivity contribution is 6.42. The number of aryl methyl sites for hydroxylation is 2. The van der Waals surface area contributed by atoms with E-state index in [1.165, 1.54) is 5.56 Å². The maximum absolute atomic E-state index is 11.9. The van der Waals surface area contributed by atoms with Crippen molar-refractivity contribution in [3.63, 3.8) is 0 Å². The van der Waals surface area contributed by atoms with Gasteiger partial charge in [0.1, 0.15) is 23.7 Å². The predicted octanol–water partition coefficient (Wildman–Crippen LogP) is 5.99. The summed E-state index contributed by atoms with van der Waals surface area (Å²) in [7, 11) is 1.76. The highest BCUT2D eigenvalue weighted by Crippen LogP contribution is 2.30. The number of nitrogens with zero attached hydrogens (tertiary/aromatic N) is 2. The van der Waals surface area contributed by atoms with Crippen molar-refractivity contribution in [3.05, 3.63) is 92.3 Å². The molecule has 1 fully saturated rings. The molecule has 8 heteroatoms. The first-order valence-corrected chi connectivity index (χ1v) is 13.4. The van der Waals surface area contributed by atoms with Gasteiger partial charge in [-0.05, 0) is 61.6 Å². The van der Waals surface area contributed by atoms with Crippen molar-refractivity contribution < 1.29 is 14.2 Å². The van der Waals surface area contributed by atoms with E-state index in [0.29, 0.717) is 35.6 Å². The second-order valence-electron chi connectivity index (χ2n) is 9.61. The molecule has 0 amide bonds. The van der Waals surface area contributed by atoms with Crippen LogP contribution in [-0.2, 0) is 17.8 Å². The predicted molar refractivity (Wildman–Crippen MR) is 148 cm³/mol. The summed E-state index contributed by atoms with van der Waals surface area (Å²) in [5.41, 5.74) is 2.03. The first-order valence-electron chi connectivity index (χ1n) is 12.6. The van der Waals surface area contributed by atoms with E-state index >= 15 is 0 Å². The van der Waals surface area contributed by atoms with Crippen molar-refractivity contribution in [2.45, 2.75) is 44.9 Å². The number of ether oxygens (including phenoxy) is 3. The quantitative estimate of drug-likeness (QED) is 0.277. The molecule has 0 radical (unpaired) electrons. The van der Waals surface area contributed by atoms with Crippen LogP contribution in [0.5, 0.6) is 11.5 Å². The average molecular weight is 546 g/mol. The normalized spacial score (nSPS) is 15.5. The first kappa shape index (κ1) is 27.5. The third-order valence-electron chi connectivity index (χ3n) is 6.87. The zero-order valence-electron chi connectivity index (χ0n) is 21.4. The average Bonchev–Trinajstić information content (AvgIpc) is 2.91. The second kappa shape index (κ2) is 12.8. The molecule has 37 heavy (non-hydrogen) atoms. The van der Waals surface area contributed by atoms with Crippen LogP contribution in [0.2, 0.25) is 10.0 Å². The summed E-state index contributed by atoms with van der Waals surface area (Å²) in [4.78, 5) is 14.3. The molecule has 0 N–H and O–H groups in total. The van der Waals surface area contributed by atoms with E-state index in [1.807, 2.05) is 37.4 Å². The lowest BCUT2D eigenvalue weighted by atomic mass is 9.91. The van der Waals surface area contributed by atoms with E-state index in [0.717, 1.165) is 50.2 Å². The van der Waals surface area contributed by atoms with Gasteiger partial charge < -0.3 is 18.8 Å². The van der Waals surface area contributed by atoms with Gasteiger partial charge in [-0.2, -0.15) is 0 Å². The molecule has 1 saturated heterocycles. The Hall–Kier alpha value is -2.51. The zero-order chi connectivity index (χ0) is 26.3. The fraction of sp³-hybridized carbons (Fsp3) is 0.414. The first-order chi connectivity index (χ1) is 17.9. The summed E-state index contributed by atoms with van der Waals surface area (Å²) >= 11 is 12.1. The second-order valence-corrected chi connectivity index (χ2v) is 10.4. The third kappa shape index (κ3) is 7.74. The summed E-state index contributed by atoms with van der Waals surface area (Å²) in [5, 5.41) is 0.996. The highest BCUT2D eigenvalue weighted by Gasteiger charge is 2.35. The topological polar surface area (TPSA) is 52.9 Å². The van der Waals surface area contributed by atoms with Crippen LogP contribution in [-0.4, -0.2) is 48.5 Å². The molecule has 6 nitrogen and oxygen atoms in total. The number of hydrogen-bond donors (Lipinski definition) is 0. The number of halogens is 2. The summed E-state index contributed by atoms with van der Waals surface area (Å²) in [6.45, 7) is 6.40. The summed E-state index contributed by atoms with van der Waals surface area (Å²) in [6, 6.07) is 17.0. The molecule has 0 atom stereocenters. The molecule has 0 spiro atoms. The standard InChI is InChI=1S/C29H34Cl2N2O4/c1-22-4-11-28(34)33(19-22)14-3-17-36-24-7-5-23(6-8-24)20-32-15-12-29(35-2,13-16-32)21-37-25-9-10-26(30)27(31)18-25/h4-11,18-19H,3,12-17,20-21H2,1-2H3. The minimum Gasteiger partial charge on any atom is -0.494 e. The molecule has 0 unspecified atom stereocenters. The largest absolute Gasteiger partial charge is 0.494 e. The lowest BCUT2D eigenvalue weighted by molar-refractivity contribution is -0.0839. The summed E-state index contributed by atoms with van der Waals surface area (Å²) in [6.07, 6.45) is 4.43. The number of piperidine rings is 1. The summed E-state index contributed by atoms with van der Waals surface area (Å²) < 4.78 is 19.5. The van der Waals surface area contributed by atoms with Crippen LogP contribution < -0.4 is 15.0 Å². The Bertz CT molecular complexity index is 1220. The molecule has 1 aliphatic heterocycles. The lowest BCUT2D eigenvalue weighted by Gasteiger charge is -2.40. The minimum atomic E-state index is -0.316. The monoisotopic (exact) mass is 544 g/mol. The molecule has 4 rings (SSSR count). The van der Waals surface area contributed by atoms with Crippen LogP contribution in [0, 0.1) is 6.92 Å². The van der Waals surface area contributed by atoms with E-state index in [-0.39, 0.29) is 11.2 Å². The Kier molecular flexibility index (Phi) is 9.54. The third-order valence-corrected chi connectivity index (χ3v) is 7.61. The van der Waals surface area contributed by atoms with E-state index in [4.69, 9.17) is 37.4 Å². The van der Waals surface area contributed by atoms with Crippen LogP contribution >= 0.6 is 23.2 Å². The molecule has 3 aromatic rings. The molecule has 0 bridgehead atoms. The Labute approximate surface area is 228 Å². The molecule has 0 aliphatic carbocycles. The van der Waals surface area contributed by atoms with E-state index in [2.05, 4.69) is 17.0 Å². The maximum Gasteiger partial charge on any atom is 0.250 e. The van der Waals surface area contributed by atoms with Crippen molar-refractivity contribution in [2.24, 2.45) is 0 Å². The van der Waals surface area contributed by atoms with Crippen LogP contribution in [0.15, 0.2) is 65.6 Å². The van der Waals surface area contributed by atoms with E-state index in [9.17, 15) is 4.79 Å². The smallest absolute Gasteiger partial charge is 0.250 e. The van der Waals surface area contributed by atoms with Gasteiger partial charge in [0.2, 0.25) is 0 Å².